The quantitative estimate of drug-likeness (QED) is 0.872. The fraction of sp³-hybridized carbons (Fsp3) is 0.667. The highest BCUT2D eigenvalue weighted by molar-refractivity contribution is 5.36. The Morgan fingerprint density at radius 1 is 1.33 bits per heavy atom. The summed E-state index contributed by atoms with van der Waals surface area (Å²) in [6.07, 6.45) is 3.58. The maximum Gasteiger partial charge on any atom is 0.119 e. The Balaban J connectivity index is 1.84. The Morgan fingerprint density at radius 3 is 2.81 bits per heavy atom. The minimum atomic E-state index is 0.266. The van der Waals surface area contributed by atoms with Crippen LogP contribution >= 0.6 is 0 Å². The van der Waals surface area contributed by atoms with Gasteiger partial charge >= 0.3 is 0 Å². The Morgan fingerprint density at radius 2 is 2.14 bits per heavy atom. The minimum absolute atomic E-state index is 0.266. The number of piperidine rings is 1. The van der Waals surface area contributed by atoms with E-state index in [0.717, 1.165) is 25.3 Å². The van der Waals surface area contributed by atoms with Crippen LogP contribution in [-0.4, -0.2) is 42.4 Å². The number of hydrogen-bond donors (Lipinski definition) is 1. The summed E-state index contributed by atoms with van der Waals surface area (Å²) < 4.78 is 5.89. The second-order valence-corrected chi connectivity index (χ2v) is 6.39. The first-order valence-electron chi connectivity index (χ1n) is 8.20. The van der Waals surface area contributed by atoms with Crippen LogP contribution in [0.1, 0.15) is 50.2 Å². The van der Waals surface area contributed by atoms with E-state index in [0.29, 0.717) is 18.6 Å². The highest BCUT2D eigenvalue weighted by Crippen LogP contribution is 2.23. The van der Waals surface area contributed by atoms with Gasteiger partial charge in [0.15, 0.2) is 0 Å². The smallest absolute Gasteiger partial charge is 0.119 e. The maximum atomic E-state index is 9.41. The topological polar surface area (TPSA) is 32.7 Å². The van der Waals surface area contributed by atoms with Gasteiger partial charge in [-0.1, -0.05) is 26.3 Å². The van der Waals surface area contributed by atoms with E-state index in [2.05, 4.69) is 43.9 Å². The average Bonchev–Trinajstić information content (AvgIpc) is 2.47. The summed E-state index contributed by atoms with van der Waals surface area (Å²) in [5, 5.41) is 9.41. The Hall–Kier alpha value is -1.06. The summed E-state index contributed by atoms with van der Waals surface area (Å²) in [6, 6.07) is 6.71. The summed E-state index contributed by atoms with van der Waals surface area (Å²) in [6.45, 7) is 9.52. The van der Waals surface area contributed by atoms with Gasteiger partial charge in [-0.2, -0.15) is 0 Å². The van der Waals surface area contributed by atoms with E-state index in [1.807, 2.05) is 0 Å². The molecule has 0 saturated carbocycles. The van der Waals surface area contributed by atoms with Crippen molar-refractivity contribution in [1.82, 2.24) is 4.90 Å². The number of hydrogen-bond acceptors (Lipinski definition) is 3. The SMILES string of the molecule is Cc1cc(OCCN2CCCCC2CO)ccc1C(C)C. The number of aliphatic hydroxyl groups excluding tert-OH is 1. The molecule has 0 radical (unpaired) electrons. The second-order valence-electron chi connectivity index (χ2n) is 6.39. The molecule has 118 valence electrons. The van der Waals surface area contributed by atoms with Crippen LogP contribution in [-0.2, 0) is 0 Å². The average molecular weight is 291 g/mol. The lowest BCUT2D eigenvalue weighted by atomic mass is 9.98. The molecule has 3 heteroatoms. The number of benzene rings is 1. The fourth-order valence-corrected chi connectivity index (χ4v) is 3.23. The van der Waals surface area contributed by atoms with Gasteiger partial charge in [-0.3, -0.25) is 4.90 Å². The molecule has 1 aliphatic heterocycles. The molecule has 1 N–H and O–H groups in total. The lowest BCUT2D eigenvalue weighted by Gasteiger charge is -2.34. The molecule has 1 unspecified atom stereocenters. The van der Waals surface area contributed by atoms with Gasteiger partial charge in [-0.15, -0.1) is 0 Å². The van der Waals surface area contributed by atoms with E-state index >= 15 is 0 Å². The predicted molar refractivity (Wildman–Crippen MR) is 87.1 cm³/mol. The third-order valence-electron chi connectivity index (χ3n) is 4.47. The molecule has 2 rings (SSSR count). The van der Waals surface area contributed by atoms with Crippen LogP contribution < -0.4 is 4.74 Å². The molecular formula is C18H29NO2. The van der Waals surface area contributed by atoms with Gasteiger partial charge in [0.25, 0.3) is 0 Å². The molecule has 1 aliphatic rings. The largest absolute Gasteiger partial charge is 0.492 e. The molecule has 1 aromatic carbocycles. The van der Waals surface area contributed by atoms with Crippen molar-refractivity contribution in [2.24, 2.45) is 0 Å². The summed E-state index contributed by atoms with van der Waals surface area (Å²) in [5.41, 5.74) is 2.69. The highest BCUT2D eigenvalue weighted by atomic mass is 16.5. The third-order valence-corrected chi connectivity index (χ3v) is 4.47. The Labute approximate surface area is 128 Å². The molecule has 1 atom stereocenters. The van der Waals surface area contributed by atoms with E-state index in [-0.39, 0.29) is 6.61 Å². The molecule has 21 heavy (non-hydrogen) atoms. The number of nitrogens with zero attached hydrogens (tertiary/aromatic N) is 1. The predicted octanol–water partition coefficient (Wildman–Crippen LogP) is 3.34. The fourth-order valence-electron chi connectivity index (χ4n) is 3.23. The third kappa shape index (κ3) is 4.45. The monoisotopic (exact) mass is 291 g/mol. The summed E-state index contributed by atoms with van der Waals surface area (Å²) in [7, 11) is 0. The number of aryl methyl sites for hydroxylation is 1. The van der Waals surface area contributed by atoms with Crippen molar-refractivity contribution in [3.8, 4) is 5.75 Å². The van der Waals surface area contributed by atoms with Gasteiger partial charge in [0, 0.05) is 12.6 Å². The normalized spacial score (nSPS) is 20.0. The standard InChI is InChI=1S/C18H29NO2/c1-14(2)18-8-7-17(12-15(18)3)21-11-10-19-9-5-4-6-16(19)13-20/h7-8,12,14,16,20H,4-6,9-11,13H2,1-3H3. The first-order chi connectivity index (χ1) is 10.1. The molecule has 0 spiro atoms. The number of aliphatic hydroxyl groups is 1. The number of rotatable bonds is 6. The van der Waals surface area contributed by atoms with Crippen LogP contribution in [0.15, 0.2) is 18.2 Å². The molecule has 3 nitrogen and oxygen atoms in total. The van der Waals surface area contributed by atoms with Crippen molar-refractivity contribution in [1.29, 1.82) is 0 Å². The van der Waals surface area contributed by atoms with Crippen molar-refractivity contribution in [3.63, 3.8) is 0 Å². The van der Waals surface area contributed by atoms with Gasteiger partial charge in [-0.25, -0.2) is 0 Å². The van der Waals surface area contributed by atoms with Crippen molar-refractivity contribution >= 4 is 0 Å². The summed E-state index contributed by atoms with van der Waals surface area (Å²) >= 11 is 0. The zero-order valence-electron chi connectivity index (χ0n) is 13.6. The minimum Gasteiger partial charge on any atom is -0.492 e. The molecule has 1 aromatic rings. The molecule has 0 bridgehead atoms. The highest BCUT2D eigenvalue weighted by Gasteiger charge is 2.21. The van der Waals surface area contributed by atoms with E-state index in [9.17, 15) is 5.11 Å². The van der Waals surface area contributed by atoms with Crippen LogP contribution in [0.25, 0.3) is 0 Å². The van der Waals surface area contributed by atoms with Crippen molar-refractivity contribution < 1.29 is 9.84 Å². The van der Waals surface area contributed by atoms with Gasteiger partial charge in [0.1, 0.15) is 12.4 Å². The molecule has 0 amide bonds. The molecule has 0 aliphatic carbocycles. The summed E-state index contributed by atoms with van der Waals surface area (Å²) in [5.74, 6) is 1.51. The Kier molecular flexibility index (Phi) is 6.07. The van der Waals surface area contributed by atoms with Crippen molar-refractivity contribution in [3.05, 3.63) is 29.3 Å². The lowest BCUT2D eigenvalue weighted by molar-refractivity contribution is 0.0773. The van der Waals surface area contributed by atoms with Gasteiger partial charge in [0.05, 0.1) is 6.61 Å². The molecule has 1 saturated heterocycles. The van der Waals surface area contributed by atoms with E-state index in [4.69, 9.17) is 4.74 Å². The van der Waals surface area contributed by atoms with Crippen LogP contribution in [0.3, 0.4) is 0 Å². The lowest BCUT2D eigenvalue weighted by Crippen LogP contribution is -2.43. The first kappa shape index (κ1) is 16.3. The zero-order valence-corrected chi connectivity index (χ0v) is 13.6. The second kappa shape index (κ2) is 7.81. The Bertz CT molecular complexity index is 445. The van der Waals surface area contributed by atoms with E-state index in [1.54, 1.807) is 0 Å². The molecular weight excluding hydrogens is 262 g/mol. The first-order valence-corrected chi connectivity index (χ1v) is 8.20. The zero-order chi connectivity index (χ0) is 15.2. The van der Waals surface area contributed by atoms with E-state index in [1.165, 1.54) is 24.0 Å². The number of ether oxygens (including phenoxy) is 1. The summed E-state index contributed by atoms with van der Waals surface area (Å²) in [4.78, 5) is 2.36. The van der Waals surface area contributed by atoms with Crippen molar-refractivity contribution in [2.45, 2.75) is 52.0 Å². The maximum absolute atomic E-state index is 9.41. The van der Waals surface area contributed by atoms with Gasteiger partial charge in [-0.05, 0) is 55.5 Å². The van der Waals surface area contributed by atoms with Gasteiger partial charge < -0.3 is 9.84 Å². The van der Waals surface area contributed by atoms with Crippen LogP contribution in [0.2, 0.25) is 0 Å². The van der Waals surface area contributed by atoms with Crippen LogP contribution in [0.5, 0.6) is 5.75 Å². The number of likely N-dealkylation sites (tertiary alicyclic amines) is 1. The van der Waals surface area contributed by atoms with Gasteiger partial charge in [0.2, 0.25) is 0 Å². The molecule has 1 fully saturated rings. The van der Waals surface area contributed by atoms with Crippen molar-refractivity contribution in [2.75, 3.05) is 26.3 Å². The van der Waals surface area contributed by atoms with E-state index < -0.39 is 0 Å². The van der Waals surface area contributed by atoms with Crippen LogP contribution in [0, 0.1) is 6.92 Å². The van der Waals surface area contributed by atoms with Crippen LogP contribution in [0.4, 0.5) is 0 Å². The molecule has 1 heterocycles. The molecule has 0 aromatic heterocycles.